The number of pyridine rings is 1. The topological polar surface area (TPSA) is 67.2 Å². The molecule has 1 saturated heterocycles. The van der Waals surface area contributed by atoms with Gasteiger partial charge in [-0.1, -0.05) is 37.6 Å². The second-order valence-corrected chi connectivity index (χ2v) is 9.38. The second-order valence-electron chi connectivity index (χ2n) is 8.94. The van der Waals surface area contributed by atoms with E-state index in [1.165, 1.54) is 0 Å². The third kappa shape index (κ3) is 3.92. The van der Waals surface area contributed by atoms with E-state index in [1.54, 1.807) is 24.8 Å². The van der Waals surface area contributed by atoms with Crippen molar-refractivity contribution >= 4 is 34.4 Å². The molecule has 0 unspecified atom stereocenters. The quantitative estimate of drug-likeness (QED) is 0.657. The molecule has 2 aromatic heterocycles. The summed E-state index contributed by atoms with van der Waals surface area (Å²) in [6, 6.07) is 11.4. The van der Waals surface area contributed by atoms with Gasteiger partial charge in [0.15, 0.2) is 0 Å². The highest BCUT2D eigenvalue weighted by Crippen LogP contribution is 2.32. The van der Waals surface area contributed by atoms with E-state index in [-0.39, 0.29) is 11.8 Å². The van der Waals surface area contributed by atoms with Crippen LogP contribution in [0.4, 0.5) is 0 Å². The largest absolute Gasteiger partial charge is 0.352 e. The summed E-state index contributed by atoms with van der Waals surface area (Å²) >= 11 is 6.22. The zero-order chi connectivity index (χ0) is 22.3. The van der Waals surface area contributed by atoms with E-state index in [1.807, 2.05) is 30.3 Å². The molecule has 6 nitrogen and oxygen atoms in total. The maximum Gasteiger partial charge on any atom is 0.273 e. The van der Waals surface area contributed by atoms with Crippen molar-refractivity contribution in [2.24, 2.45) is 5.92 Å². The maximum atomic E-state index is 13.3. The normalized spacial score (nSPS) is 16.1. The number of fused-ring (bicyclic) bond motifs is 1. The Morgan fingerprint density at radius 1 is 1.26 bits per heavy atom. The summed E-state index contributed by atoms with van der Waals surface area (Å²) in [6.07, 6.45) is 2.08. The molecule has 1 aliphatic rings. The van der Waals surface area contributed by atoms with Crippen LogP contribution in [0.1, 0.15) is 38.2 Å². The van der Waals surface area contributed by atoms with E-state index >= 15 is 0 Å². The lowest BCUT2D eigenvalue weighted by Gasteiger charge is -2.40. The smallest absolute Gasteiger partial charge is 0.273 e. The van der Waals surface area contributed by atoms with Crippen molar-refractivity contribution in [3.05, 3.63) is 53.3 Å². The predicted octanol–water partition coefficient (Wildman–Crippen LogP) is 4.36. The van der Waals surface area contributed by atoms with Gasteiger partial charge in [0.05, 0.1) is 0 Å². The van der Waals surface area contributed by atoms with Gasteiger partial charge >= 0.3 is 0 Å². The van der Waals surface area contributed by atoms with E-state index in [0.29, 0.717) is 29.7 Å². The van der Waals surface area contributed by atoms with Crippen LogP contribution >= 0.6 is 11.6 Å². The van der Waals surface area contributed by atoms with Gasteiger partial charge in [0, 0.05) is 41.8 Å². The first kappa shape index (κ1) is 21.4. The zero-order valence-corrected chi connectivity index (χ0v) is 19.0. The monoisotopic (exact) mass is 438 g/mol. The summed E-state index contributed by atoms with van der Waals surface area (Å²) in [7, 11) is 0. The van der Waals surface area contributed by atoms with Crippen LogP contribution in [0.5, 0.6) is 0 Å². The molecule has 0 radical (unpaired) electrons. The highest BCUT2D eigenvalue weighted by molar-refractivity contribution is 6.30. The molecule has 162 valence electrons. The molecule has 3 heterocycles. The van der Waals surface area contributed by atoms with Crippen LogP contribution in [0.2, 0.25) is 5.02 Å². The van der Waals surface area contributed by atoms with Crippen molar-refractivity contribution < 1.29 is 9.59 Å². The van der Waals surface area contributed by atoms with Crippen molar-refractivity contribution in [3.63, 3.8) is 0 Å². The van der Waals surface area contributed by atoms with Gasteiger partial charge in [-0.3, -0.25) is 9.59 Å². The maximum absolute atomic E-state index is 13.3. The molecule has 4 rings (SSSR count). The van der Waals surface area contributed by atoms with E-state index < -0.39 is 5.54 Å². The van der Waals surface area contributed by atoms with Crippen molar-refractivity contribution in [1.82, 2.24) is 19.8 Å². The average Bonchev–Trinajstić information content (AvgIpc) is 3.06. The molecular formula is C24H27ClN4O2. The van der Waals surface area contributed by atoms with E-state index in [0.717, 1.165) is 28.7 Å². The number of hydrogen-bond donors (Lipinski definition) is 1. The minimum Gasteiger partial charge on any atom is -0.352 e. The van der Waals surface area contributed by atoms with Gasteiger partial charge in [-0.25, -0.2) is 4.98 Å². The Kier molecular flexibility index (Phi) is 5.52. The fourth-order valence-electron chi connectivity index (χ4n) is 4.10. The Morgan fingerprint density at radius 2 is 2.03 bits per heavy atom. The van der Waals surface area contributed by atoms with Crippen LogP contribution in [-0.2, 0) is 11.3 Å². The van der Waals surface area contributed by atoms with Crippen LogP contribution in [0.3, 0.4) is 0 Å². The lowest BCUT2D eigenvalue weighted by molar-refractivity contribution is -0.133. The number of nitrogens with zero attached hydrogens (tertiary/aromatic N) is 3. The molecule has 7 heteroatoms. The molecule has 1 fully saturated rings. The first-order valence-electron chi connectivity index (χ1n) is 10.5. The fraction of sp³-hybridized carbons (Fsp3) is 0.375. The third-order valence-corrected chi connectivity index (χ3v) is 5.97. The Hall–Kier alpha value is -2.86. The lowest BCUT2D eigenvalue weighted by Crippen LogP contribution is -2.63. The summed E-state index contributed by atoms with van der Waals surface area (Å²) in [5.41, 5.74) is 2.22. The summed E-state index contributed by atoms with van der Waals surface area (Å²) in [6.45, 7) is 9.49. The van der Waals surface area contributed by atoms with E-state index in [9.17, 15) is 9.59 Å². The highest BCUT2D eigenvalue weighted by Gasteiger charge is 2.41. The van der Waals surface area contributed by atoms with Crippen molar-refractivity contribution in [2.45, 2.75) is 39.8 Å². The Labute approximate surface area is 187 Å². The first-order valence-corrected chi connectivity index (χ1v) is 10.9. The van der Waals surface area contributed by atoms with Gasteiger partial charge in [-0.05, 0) is 49.6 Å². The summed E-state index contributed by atoms with van der Waals surface area (Å²) in [4.78, 5) is 32.0. The van der Waals surface area contributed by atoms with Crippen LogP contribution in [-0.4, -0.2) is 44.9 Å². The molecule has 0 bridgehead atoms. The van der Waals surface area contributed by atoms with Crippen LogP contribution in [0.25, 0.3) is 22.2 Å². The number of carbonyl (C=O) groups is 2. The van der Waals surface area contributed by atoms with Gasteiger partial charge in [0.25, 0.3) is 5.91 Å². The molecule has 1 aromatic carbocycles. The minimum absolute atomic E-state index is 0.153. The van der Waals surface area contributed by atoms with Gasteiger partial charge in [0.2, 0.25) is 5.91 Å². The van der Waals surface area contributed by atoms with Gasteiger partial charge in [-0.2, -0.15) is 0 Å². The standard InChI is InChI=1S/C24H27ClN4O2/c1-15(2)13-28-14-19(16-6-5-7-17(25)12-16)18-8-9-20(27-21(18)28)22(30)29-11-10-26-23(31)24(29,3)4/h5-9,12,14-15H,10-11,13H2,1-4H3,(H,26,31). The summed E-state index contributed by atoms with van der Waals surface area (Å²) < 4.78 is 2.10. The molecular weight excluding hydrogens is 412 g/mol. The molecule has 3 aromatic rings. The number of nitrogens with one attached hydrogen (secondary N) is 1. The van der Waals surface area contributed by atoms with E-state index in [2.05, 4.69) is 29.9 Å². The molecule has 0 atom stereocenters. The number of benzene rings is 1. The number of rotatable bonds is 4. The number of aromatic nitrogens is 2. The minimum atomic E-state index is -0.919. The number of piperazine rings is 1. The summed E-state index contributed by atoms with van der Waals surface area (Å²) in [5.74, 6) is 0.0247. The molecule has 1 N–H and O–H groups in total. The Morgan fingerprint density at radius 3 is 2.74 bits per heavy atom. The first-order chi connectivity index (χ1) is 14.7. The fourth-order valence-corrected chi connectivity index (χ4v) is 4.29. The van der Waals surface area contributed by atoms with Crippen LogP contribution < -0.4 is 5.32 Å². The molecule has 1 aliphatic heterocycles. The lowest BCUT2D eigenvalue weighted by atomic mass is 9.98. The van der Waals surface area contributed by atoms with Gasteiger partial charge in [-0.15, -0.1) is 0 Å². The highest BCUT2D eigenvalue weighted by atomic mass is 35.5. The number of carbonyl (C=O) groups excluding carboxylic acids is 2. The molecule has 0 aliphatic carbocycles. The molecule has 31 heavy (non-hydrogen) atoms. The second kappa shape index (κ2) is 8.00. The molecule has 0 spiro atoms. The Balaban J connectivity index is 1.81. The van der Waals surface area contributed by atoms with Gasteiger partial charge < -0.3 is 14.8 Å². The average molecular weight is 439 g/mol. The van der Waals surface area contributed by atoms with Gasteiger partial charge in [0.1, 0.15) is 16.9 Å². The van der Waals surface area contributed by atoms with Crippen molar-refractivity contribution in [2.75, 3.05) is 13.1 Å². The summed E-state index contributed by atoms with van der Waals surface area (Å²) in [5, 5.41) is 4.47. The predicted molar refractivity (Wildman–Crippen MR) is 123 cm³/mol. The van der Waals surface area contributed by atoms with Crippen LogP contribution in [0.15, 0.2) is 42.6 Å². The Bertz CT molecular complexity index is 1170. The van der Waals surface area contributed by atoms with E-state index in [4.69, 9.17) is 16.6 Å². The van der Waals surface area contributed by atoms with Crippen LogP contribution in [0, 0.1) is 5.92 Å². The number of amides is 2. The number of halogens is 1. The van der Waals surface area contributed by atoms with Crippen molar-refractivity contribution in [1.29, 1.82) is 0 Å². The number of hydrogen-bond acceptors (Lipinski definition) is 3. The van der Waals surface area contributed by atoms with Crippen molar-refractivity contribution in [3.8, 4) is 11.1 Å². The SMILES string of the molecule is CC(C)Cn1cc(-c2cccc(Cl)c2)c2ccc(C(=O)N3CCNC(=O)C3(C)C)nc21. The third-order valence-electron chi connectivity index (χ3n) is 5.74. The molecule has 2 amide bonds. The zero-order valence-electron chi connectivity index (χ0n) is 18.3. The molecule has 0 saturated carbocycles.